The summed E-state index contributed by atoms with van der Waals surface area (Å²) in [5, 5.41) is 13.2. The molecule has 51 heavy (non-hydrogen) atoms. The Bertz CT molecular complexity index is 2210. The molecule has 0 atom stereocenters. The van der Waals surface area contributed by atoms with Gasteiger partial charge in [0.15, 0.2) is 5.71 Å². The molecule has 1 aromatic heterocycles. The summed E-state index contributed by atoms with van der Waals surface area (Å²) in [6.07, 6.45) is 7.74. The van der Waals surface area contributed by atoms with Gasteiger partial charge >= 0.3 is 5.97 Å². The highest BCUT2D eigenvalue weighted by atomic mass is 19.1. The number of carboxylic acids is 1. The molecule has 1 amide bonds. The van der Waals surface area contributed by atoms with Gasteiger partial charge < -0.3 is 25.8 Å². The zero-order chi connectivity index (χ0) is 36.6. The monoisotopic (exact) mass is 686 g/mol. The van der Waals surface area contributed by atoms with Gasteiger partial charge in [-0.2, -0.15) is 0 Å². The molecule has 0 radical (unpaired) electrons. The number of nitrogens with zero attached hydrogens (tertiary/aromatic N) is 3. The molecule has 2 aliphatic rings. The normalized spacial score (nSPS) is 14.3. The molecule has 0 bridgehead atoms. The first-order chi connectivity index (χ1) is 24.2. The lowest BCUT2D eigenvalue weighted by Crippen LogP contribution is -2.31. The third-order valence-electron chi connectivity index (χ3n) is 9.41. The van der Waals surface area contributed by atoms with Crippen molar-refractivity contribution < 1.29 is 28.4 Å². The van der Waals surface area contributed by atoms with Crippen LogP contribution in [0.25, 0.3) is 5.57 Å². The summed E-state index contributed by atoms with van der Waals surface area (Å²) in [6, 6.07) is 18.7. The van der Waals surface area contributed by atoms with Crippen molar-refractivity contribution in [3.8, 4) is 5.88 Å². The molecule has 10 heteroatoms. The zero-order valence-electron chi connectivity index (χ0n) is 29.5. The molecular weight excluding hydrogens is 645 g/mol. The van der Waals surface area contributed by atoms with E-state index in [9.17, 15) is 14.7 Å². The highest BCUT2D eigenvalue weighted by Gasteiger charge is 2.39. The van der Waals surface area contributed by atoms with Crippen molar-refractivity contribution in [3.05, 3.63) is 147 Å². The molecule has 260 valence electrons. The maximum absolute atomic E-state index is 15.1. The Hall–Kier alpha value is -6.03. The molecule has 1 heterocycles. The Morgan fingerprint density at radius 1 is 1.00 bits per heavy atom. The van der Waals surface area contributed by atoms with Crippen molar-refractivity contribution >= 4 is 34.5 Å². The number of nitrogens with one attached hydrogen (secondary N) is 1. The number of nitrogen functional groups attached to an aromatic ring is 1. The first-order valence-electron chi connectivity index (χ1n) is 16.5. The minimum absolute atomic E-state index is 0.0729. The second-order valence-electron chi connectivity index (χ2n) is 13.6. The first-order valence-corrected chi connectivity index (χ1v) is 16.5. The number of pyridine rings is 1. The van der Waals surface area contributed by atoms with Gasteiger partial charge in [-0.25, -0.2) is 18.7 Å². The number of fused-ring (bicyclic) bond motifs is 2. The lowest BCUT2D eigenvalue weighted by atomic mass is 9.64. The second-order valence-corrected chi connectivity index (χ2v) is 13.6. The molecule has 9 nitrogen and oxygen atoms in total. The van der Waals surface area contributed by atoms with Crippen LogP contribution < -0.4 is 20.7 Å². The third kappa shape index (κ3) is 6.90. The van der Waals surface area contributed by atoms with E-state index in [1.165, 1.54) is 24.4 Å². The van der Waals surface area contributed by atoms with Crippen LogP contribution in [0, 0.1) is 5.82 Å². The molecule has 0 unspecified atom stereocenters. The van der Waals surface area contributed by atoms with Crippen molar-refractivity contribution in [2.75, 3.05) is 38.8 Å². The molecule has 0 saturated heterocycles. The first kappa shape index (κ1) is 34.8. The Morgan fingerprint density at radius 2 is 1.78 bits per heavy atom. The van der Waals surface area contributed by atoms with E-state index in [1.54, 1.807) is 30.3 Å². The van der Waals surface area contributed by atoms with Crippen molar-refractivity contribution in [1.29, 1.82) is 0 Å². The van der Waals surface area contributed by atoms with Crippen LogP contribution in [-0.2, 0) is 18.6 Å². The molecule has 6 rings (SSSR count). The predicted molar refractivity (Wildman–Crippen MR) is 198 cm³/mol. The number of anilines is 2. The summed E-state index contributed by atoms with van der Waals surface area (Å²) in [4.78, 5) is 32.4. The van der Waals surface area contributed by atoms with Crippen LogP contribution in [0.4, 0.5) is 15.8 Å². The van der Waals surface area contributed by atoms with Crippen molar-refractivity contribution in [2.45, 2.75) is 32.4 Å². The van der Waals surface area contributed by atoms with Crippen molar-refractivity contribution in [2.24, 2.45) is 0 Å². The van der Waals surface area contributed by atoms with Crippen molar-refractivity contribution in [3.63, 3.8) is 0 Å². The van der Waals surface area contributed by atoms with Crippen LogP contribution in [-0.4, -0.2) is 60.4 Å². The predicted octanol–water partition coefficient (Wildman–Crippen LogP) is 6.38. The van der Waals surface area contributed by atoms with E-state index in [4.69, 9.17) is 10.5 Å². The standard InChI is InChI=1S/C41H40FN5O4/c1-41(2)34-20-28(46(3)4)10-13-31(34)38(32-14-11-29(47(5)6)21-35(32)41)33-18-25(9-12-30(33)40(49)50)39(48)45-22-26-8-7-24(17-36(26)42)23-51-37-19-27(43)15-16-44-37/h7-21H,22-23H2,1-6H3,(H3-,43,44,45,48,49,50)/p+1. The molecule has 4 aromatic rings. The van der Waals surface area contributed by atoms with Gasteiger partial charge in [0, 0.05) is 73.0 Å². The van der Waals surface area contributed by atoms with Crippen LogP contribution in [0.5, 0.6) is 5.88 Å². The number of nitrogens with two attached hydrogens (primary N) is 1. The average molecular weight is 687 g/mol. The van der Waals surface area contributed by atoms with E-state index in [0.717, 1.165) is 39.2 Å². The van der Waals surface area contributed by atoms with Crippen LogP contribution in [0.2, 0.25) is 0 Å². The third-order valence-corrected chi connectivity index (χ3v) is 9.41. The van der Waals surface area contributed by atoms with Gasteiger partial charge in [0.2, 0.25) is 5.88 Å². The van der Waals surface area contributed by atoms with Crippen LogP contribution in [0.3, 0.4) is 0 Å². The maximum Gasteiger partial charge on any atom is 0.336 e. The fourth-order valence-corrected chi connectivity index (χ4v) is 6.51. The molecule has 4 N–H and O–H groups in total. The van der Waals surface area contributed by atoms with Gasteiger partial charge in [0.1, 0.15) is 26.5 Å². The zero-order valence-corrected chi connectivity index (χ0v) is 29.5. The average Bonchev–Trinajstić information content (AvgIpc) is 3.10. The summed E-state index contributed by atoms with van der Waals surface area (Å²) < 4.78 is 22.8. The van der Waals surface area contributed by atoms with Crippen LogP contribution in [0.15, 0.2) is 102 Å². The fourth-order valence-electron chi connectivity index (χ4n) is 6.51. The van der Waals surface area contributed by atoms with Gasteiger partial charge in [0.05, 0.1) is 5.56 Å². The number of benzene rings is 3. The summed E-state index contributed by atoms with van der Waals surface area (Å²) in [5.74, 6) is -1.74. The number of carbonyl (C=O) groups is 2. The molecule has 2 aliphatic carbocycles. The quantitative estimate of drug-likeness (QED) is 0.175. The van der Waals surface area contributed by atoms with Crippen LogP contribution in [0.1, 0.15) is 62.4 Å². The molecule has 3 aromatic carbocycles. The number of hydrogen-bond acceptors (Lipinski definition) is 6. The Morgan fingerprint density at radius 3 is 2.47 bits per heavy atom. The Labute approximate surface area is 296 Å². The number of hydrogen-bond donors (Lipinski definition) is 3. The van der Waals surface area contributed by atoms with Crippen LogP contribution >= 0.6 is 0 Å². The summed E-state index contributed by atoms with van der Waals surface area (Å²) >= 11 is 0. The smallest absolute Gasteiger partial charge is 0.336 e. The second kappa shape index (κ2) is 13.7. The largest absolute Gasteiger partial charge is 0.478 e. The van der Waals surface area contributed by atoms with E-state index >= 15 is 4.39 Å². The number of carboxylic acid groups (broad SMARTS) is 1. The highest BCUT2D eigenvalue weighted by molar-refractivity contribution is 6.09. The maximum atomic E-state index is 15.1. The molecule has 0 fully saturated rings. The Kier molecular flexibility index (Phi) is 9.36. The number of allylic oxidation sites excluding steroid dienone is 5. The molecule has 0 aliphatic heterocycles. The minimum Gasteiger partial charge on any atom is -0.478 e. The Balaban J connectivity index is 1.34. The number of halogens is 1. The lowest BCUT2D eigenvalue weighted by molar-refractivity contribution is -0.462. The number of carbonyl (C=O) groups excluding carboxylic acids is 1. The molecule has 0 spiro atoms. The van der Waals surface area contributed by atoms with E-state index in [0.29, 0.717) is 22.7 Å². The molecular formula is C41H41FN5O4+. The number of amides is 1. The minimum atomic E-state index is -1.11. The highest BCUT2D eigenvalue weighted by Crippen LogP contribution is 2.51. The van der Waals surface area contributed by atoms with E-state index in [-0.39, 0.29) is 29.8 Å². The fraction of sp³-hybridized carbons (Fsp3) is 0.220. The summed E-state index contributed by atoms with van der Waals surface area (Å²) in [7, 11) is 7.95. The van der Waals surface area contributed by atoms with Gasteiger partial charge in [-0.05, 0) is 87.5 Å². The van der Waals surface area contributed by atoms with Gasteiger partial charge in [-0.3, -0.25) is 4.79 Å². The number of ether oxygens (including phenoxy) is 1. The summed E-state index contributed by atoms with van der Waals surface area (Å²) in [5.41, 5.74) is 14.2. The van der Waals surface area contributed by atoms with Gasteiger partial charge in [-0.15, -0.1) is 0 Å². The SMILES string of the molecule is CN(C)c1ccc2c(c1)C(C)(C)C1=CC(=[N+](C)C)C=CC1=C2c1cc(C(=O)NCc2ccc(COc3cc(N)ccn3)cc2F)ccc1C(=O)O. The number of aromatic carboxylic acids is 1. The number of rotatable bonds is 9. The van der Waals surface area contributed by atoms with Gasteiger partial charge in [0.25, 0.3) is 5.91 Å². The van der Waals surface area contributed by atoms with Gasteiger partial charge in [-0.1, -0.05) is 32.0 Å². The van der Waals surface area contributed by atoms with E-state index in [2.05, 4.69) is 36.3 Å². The van der Waals surface area contributed by atoms with Crippen molar-refractivity contribution in [1.82, 2.24) is 10.3 Å². The summed E-state index contributed by atoms with van der Waals surface area (Å²) in [6.45, 7) is 4.37. The topological polar surface area (TPSA) is 121 Å². The van der Waals surface area contributed by atoms with E-state index in [1.807, 2.05) is 62.0 Å². The molecule has 0 saturated carbocycles. The number of aromatic nitrogens is 1. The van der Waals surface area contributed by atoms with E-state index < -0.39 is 23.1 Å². The lowest BCUT2D eigenvalue weighted by Gasteiger charge is -2.39.